The zero-order valence-corrected chi connectivity index (χ0v) is 20.4. The van der Waals surface area contributed by atoms with Crippen molar-refractivity contribution in [1.29, 1.82) is 0 Å². The molecule has 2 aliphatic carbocycles. The van der Waals surface area contributed by atoms with Gasteiger partial charge in [0.25, 0.3) is 5.56 Å². The van der Waals surface area contributed by atoms with Crippen molar-refractivity contribution in [2.75, 3.05) is 0 Å². The van der Waals surface area contributed by atoms with Crippen LogP contribution in [0.15, 0.2) is 114 Å². The molecule has 0 N–H and O–H groups in total. The quantitative estimate of drug-likeness (QED) is 0.222. The summed E-state index contributed by atoms with van der Waals surface area (Å²) in [6, 6.07) is 38.3. The molecule has 2 aromatic heterocycles. The number of rotatable bonds is 0. The van der Waals surface area contributed by atoms with E-state index in [9.17, 15) is 4.79 Å². The first-order valence-corrected chi connectivity index (χ1v) is 13.3. The number of fused-ring (bicyclic) bond motifs is 15. The van der Waals surface area contributed by atoms with Crippen LogP contribution >= 0.6 is 11.3 Å². The Morgan fingerprint density at radius 3 is 1.86 bits per heavy atom. The number of benzene rings is 5. The van der Waals surface area contributed by atoms with Crippen LogP contribution in [-0.2, 0) is 5.41 Å². The van der Waals surface area contributed by atoms with E-state index in [1.54, 1.807) is 11.3 Å². The predicted molar refractivity (Wildman–Crippen MR) is 151 cm³/mol. The maximum atomic E-state index is 14.6. The molecule has 0 radical (unpaired) electrons. The van der Waals surface area contributed by atoms with Crippen LogP contribution in [0, 0.1) is 0 Å². The van der Waals surface area contributed by atoms with Gasteiger partial charge in [0.1, 0.15) is 0 Å². The number of aromatic nitrogens is 2. The smallest absolute Gasteiger partial charge is 0.266 e. The van der Waals surface area contributed by atoms with Gasteiger partial charge in [0.15, 0.2) is 4.96 Å². The summed E-state index contributed by atoms with van der Waals surface area (Å²) in [6.45, 7) is 0. The molecule has 172 valence electrons. The van der Waals surface area contributed by atoms with E-state index in [2.05, 4.69) is 84.9 Å². The van der Waals surface area contributed by atoms with Crippen LogP contribution in [0.3, 0.4) is 0 Å². The molecule has 0 aliphatic heterocycles. The second-order valence-electron chi connectivity index (χ2n) is 9.87. The molecule has 37 heavy (non-hydrogen) atoms. The molecule has 0 bridgehead atoms. The summed E-state index contributed by atoms with van der Waals surface area (Å²) >= 11 is 1.59. The minimum atomic E-state index is -0.547. The third kappa shape index (κ3) is 2.16. The lowest BCUT2D eigenvalue weighted by atomic mass is 9.70. The zero-order valence-electron chi connectivity index (χ0n) is 19.6. The van der Waals surface area contributed by atoms with Crippen LogP contribution in [-0.4, -0.2) is 9.38 Å². The van der Waals surface area contributed by atoms with Gasteiger partial charge in [-0.05, 0) is 62.7 Å². The van der Waals surface area contributed by atoms with E-state index in [4.69, 9.17) is 4.98 Å². The van der Waals surface area contributed by atoms with Crippen LogP contribution in [0.2, 0.25) is 0 Å². The van der Waals surface area contributed by atoms with E-state index >= 15 is 0 Å². The van der Waals surface area contributed by atoms with Gasteiger partial charge in [-0.2, -0.15) is 0 Å². The number of para-hydroxylation sites is 2. The van der Waals surface area contributed by atoms with E-state index in [0.29, 0.717) is 0 Å². The fourth-order valence-electron chi connectivity index (χ4n) is 6.95. The summed E-state index contributed by atoms with van der Waals surface area (Å²) in [7, 11) is 0. The van der Waals surface area contributed by atoms with Gasteiger partial charge in [-0.3, -0.25) is 4.79 Å². The van der Waals surface area contributed by atoms with Gasteiger partial charge >= 0.3 is 0 Å². The Morgan fingerprint density at radius 2 is 1.19 bits per heavy atom. The molecule has 2 aliphatic rings. The van der Waals surface area contributed by atoms with Crippen molar-refractivity contribution in [3.63, 3.8) is 0 Å². The van der Waals surface area contributed by atoms with Gasteiger partial charge < -0.3 is 0 Å². The molecule has 0 saturated heterocycles. The third-order valence-corrected chi connectivity index (χ3v) is 9.28. The fraction of sp³-hybridized carbons (Fsp3) is 0.0303. The van der Waals surface area contributed by atoms with Gasteiger partial charge in [-0.1, -0.05) is 102 Å². The molecule has 7 aromatic rings. The maximum absolute atomic E-state index is 14.6. The SMILES string of the molecule is O=c1c2c3c(ccc2sc2nc4ccccc4n12)-c1ccccc1C31c2ccccc2-c2ccccc21. The summed E-state index contributed by atoms with van der Waals surface area (Å²) < 4.78 is 2.78. The molecule has 0 saturated carbocycles. The van der Waals surface area contributed by atoms with Crippen molar-refractivity contribution in [2.24, 2.45) is 0 Å². The molecule has 0 unspecified atom stereocenters. The van der Waals surface area contributed by atoms with Crippen LogP contribution in [0.5, 0.6) is 0 Å². The van der Waals surface area contributed by atoms with Crippen molar-refractivity contribution >= 4 is 37.4 Å². The Balaban J connectivity index is 1.57. The molecule has 0 atom stereocenters. The van der Waals surface area contributed by atoms with E-state index < -0.39 is 5.41 Å². The Hall–Kier alpha value is -4.54. The Labute approximate surface area is 215 Å². The molecule has 0 fully saturated rings. The van der Waals surface area contributed by atoms with Gasteiger partial charge in [0, 0.05) is 4.70 Å². The minimum absolute atomic E-state index is 0.00310. The highest BCUT2D eigenvalue weighted by Gasteiger charge is 2.52. The second kappa shape index (κ2) is 6.61. The lowest BCUT2D eigenvalue weighted by Crippen LogP contribution is -2.28. The Bertz CT molecular complexity index is 2120. The van der Waals surface area contributed by atoms with Crippen LogP contribution in [0.4, 0.5) is 0 Å². The van der Waals surface area contributed by atoms with E-state index in [0.717, 1.165) is 37.2 Å². The average Bonchev–Trinajstić information content (AvgIpc) is 3.57. The summed E-state index contributed by atoms with van der Waals surface area (Å²) in [5, 5.41) is 0.792. The predicted octanol–water partition coefficient (Wildman–Crippen LogP) is 7.41. The molecule has 2 heterocycles. The molecule has 3 nitrogen and oxygen atoms in total. The number of hydrogen-bond donors (Lipinski definition) is 0. The topological polar surface area (TPSA) is 34.4 Å². The fourth-order valence-corrected chi connectivity index (χ4v) is 7.99. The molecule has 5 aromatic carbocycles. The van der Waals surface area contributed by atoms with Crippen molar-refractivity contribution < 1.29 is 0 Å². The molecular weight excluding hydrogens is 472 g/mol. The highest BCUT2D eigenvalue weighted by Crippen LogP contribution is 2.63. The van der Waals surface area contributed by atoms with Crippen molar-refractivity contribution in [3.05, 3.63) is 142 Å². The monoisotopic (exact) mass is 490 g/mol. The molecule has 4 heteroatoms. The highest BCUT2D eigenvalue weighted by atomic mass is 32.1. The normalized spacial score (nSPS) is 14.3. The first-order chi connectivity index (χ1) is 18.3. The van der Waals surface area contributed by atoms with Crippen LogP contribution < -0.4 is 5.56 Å². The summed E-state index contributed by atoms with van der Waals surface area (Å²) in [5.74, 6) is 0. The van der Waals surface area contributed by atoms with Gasteiger partial charge in [0.2, 0.25) is 0 Å². The zero-order chi connectivity index (χ0) is 24.3. The van der Waals surface area contributed by atoms with Crippen molar-refractivity contribution in [2.45, 2.75) is 5.41 Å². The molecular formula is C33H18N2OS. The van der Waals surface area contributed by atoms with E-state index in [-0.39, 0.29) is 5.56 Å². The number of nitrogens with zero attached hydrogens (tertiary/aromatic N) is 2. The van der Waals surface area contributed by atoms with Crippen LogP contribution in [0.25, 0.3) is 48.3 Å². The number of imidazole rings is 1. The van der Waals surface area contributed by atoms with Gasteiger partial charge in [-0.25, -0.2) is 9.38 Å². The van der Waals surface area contributed by atoms with Gasteiger partial charge in [0.05, 0.1) is 21.8 Å². The average molecular weight is 491 g/mol. The third-order valence-electron chi connectivity index (χ3n) is 8.26. The lowest BCUT2D eigenvalue weighted by molar-refractivity contribution is 0.800. The van der Waals surface area contributed by atoms with Crippen molar-refractivity contribution in [1.82, 2.24) is 9.38 Å². The lowest BCUT2D eigenvalue weighted by Gasteiger charge is -2.31. The standard InChI is InChI=1S/C33H18N2OS/c36-31-29-28(37-32-34-26-15-7-8-16-27(26)35(31)32)18-17-22-21-11-3-6-14-25(21)33(30(22)29)23-12-4-1-9-19(23)20-10-2-5-13-24(20)33/h1-18H. The van der Waals surface area contributed by atoms with Gasteiger partial charge in [-0.15, -0.1) is 0 Å². The molecule has 9 rings (SSSR count). The minimum Gasteiger partial charge on any atom is -0.268 e. The largest absolute Gasteiger partial charge is 0.268 e. The Morgan fingerprint density at radius 1 is 0.622 bits per heavy atom. The summed E-state index contributed by atoms with van der Waals surface area (Å²) in [5.41, 5.74) is 10.8. The maximum Gasteiger partial charge on any atom is 0.266 e. The van der Waals surface area contributed by atoms with E-state index in [1.165, 1.54) is 33.4 Å². The molecule has 0 amide bonds. The summed E-state index contributed by atoms with van der Waals surface area (Å²) in [6.07, 6.45) is 0. The Kier molecular flexibility index (Phi) is 3.51. The van der Waals surface area contributed by atoms with Crippen LogP contribution in [0.1, 0.15) is 22.3 Å². The molecule has 1 spiro atoms. The number of hydrogen-bond acceptors (Lipinski definition) is 3. The second-order valence-corrected chi connectivity index (χ2v) is 10.9. The summed E-state index contributed by atoms with van der Waals surface area (Å²) in [4.78, 5) is 20.1. The highest BCUT2D eigenvalue weighted by molar-refractivity contribution is 7.23. The first-order valence-electron chi connectivity index (χ1n) is 12.5. The van der Waals surface area contributed by atoms with Crippen molar-refractivity contribution in [3.8, 4) is 22.3 Å². The first kappa shape index (κ1) is 19.6. The van der Waals surface area contributed by atoms with E-state index in [1.807, 2.05) is 28.7 Å².